The summed E-state index contributed by atoms with van der Waals surface area (Å²) in [5, 5.41) is 13.8. The van der Waals surface area contributed by atoms with Gasteiger partial charge in [0.2, 0.25) is 11.5 Å². The molecule has 3 aromatic rings. The van der Waals surface area contributed by atoms with Gasteiger partial charge in [-0.1, -0.05) is 0 Å². The molecule has 0 saturated carbocycles. The van der Waals surface area contributed by atoms with Gasteiger partial charge in [0.05, 0.1) is 6.42 Å². The van der Waals surface area contributed by atoms with Crippen molar-refractivity contribution in [1.29, 1.82) is 0 Å². The highest BCUT2D eigenvalue weighted by Crippen LogP contribution is 2.43. The molecule has 0 aliphatic rings. The van der Waals surface area contributed by atoms with E-state index in [0.717, 1.165) is 0 Å². The molecule has 27 heavy (non-hydrogen) atoms. The molecule has 0 radical (unpaired) electrons. The Bertz CT molecular complexity index is 1060. The third-order valence-corrected chi connectivity index (χ3v) is 4.87. The summed E-state index contributed by atoms with van der Waals surface area (Å²) in [6, 6.07) is 6.87. The van der Waals surface area contributed by atoms with Gasteiger partial charge in [-0.05, 0) is 31.2 Å². The number of nitrogens with one attached hydrogen (secondary N) is 1. The molecule has 1 amide bonds. The fourth-order valence-corrected chi connectivity index (χ4v) is 3.34. The average Bonchev–Trinajstić information content (AvgIpc) is 3.01. The molecule has 0 aliphatic heterocycles. The van der Waals surface area contributed by atoms with Crippen molar-refractivity contribution in [1.82, 2.24) is 4.98 Å². The molecule has 0 fully saturated rings. The Hall–Kier alpha value is -2.72. The third kappa shape index (κ3) is 3.86. The minimum absolute atomic E-state index is 0.196. The molecule has 1 atom stereocenters. The number of aryl methyl sites for hydroxylation is 1. The lowest BCUT2D eigenvalue weighted by atomic mass is 9.99. The minimum Gasteiger partial charge on any atom is -0.423 e. The first kappa shape index (κ1) is 19.1. The number of halogens is 3. The van der Waals surface area contributed by atoms with Gasteiger partial charge in [0.1, 0.15) is 10.6 Å². The van der Waals surface area contributed by atoms with Gasteiger partial charge in [0.25, 0.3) is 0 Å². The summed E-state index contributed by atoms with van der Waals surface area (Å²) in [4.78, 5) is 27.0. The van der Waals surface area contributed by atoms with E-state index in [1.54, 1.807) is 0 Å². The number of aromatic nitrogens is 1. The summed E-state index contributed by atoms with van der Waals surface area (Å²) in [5.41, 5.74) is -3.16. The first-order valence-electron chi connectivity index (χ1n) is 7.64. The van der Waals surface area contributed by atoms with Crippen LogP contribution >= 0.6 is 11.3 Å². The number of fused-ring (bicyclic) bond motifs is 1. The highest BCUT2D eigenvalue weighted by atomic mass is 32.1. The van der Waals surface area contributed by atoms with E-state index in [1.165, 1.54) is 42.6 Å². The summed E-state index contributed by atoms with van der Waals surface area (Å²) < 4.78 is 45.3. The second-order valence-electron chi connectivity index (χ2n) is 5.88. The second-order valence-corrected chi connectivity index (χ2v) is 6.74. The van der Waals surface area contributed by atoms with E-state index in [0.29, 0.717) is 22.4 Å². The molecule has 0 bridgehead atoms. The van der Waals surface area contributed by atoms with Gasteiger partial charge < -0.3 is 14.8 Å². The quantitative estimate of drug-likeness (QED) is 0.658. The van der Waals surface area contributed by atoms with Crippen LogP contribution in [0.3, 0.4) is 0 Å². The fourth-order valence-electron chi connectivity index (χ4n) is 2.43. The summed E-state index contributed by atoms with van der Waals surface area (Å²) in [5.74, 6) is -1.04. The van der Waals surface area contributed by atoms with E-state index in [2.05, 4.69) is 10.3 Å². The summed E-state index contributed by atoms with van der Waals surface area (Å²) in [6.07, 6.45) is -6.33. The number of carbonyl (C=O) groups excluding carboxylic acids is 1. The summed E-state index contributed by atoms with van der Waals surface area (Å²) in [7, 11) is 0. The topological polar surface area (TPSA) is 92.4 Å². The zero-order valence-corrected chi connectivity index (χ0v) is 14.6. The third-order valence-electron chi connectivity index (χ3n) is 3.76. The Kier molecular flexibility index (Phi) is 4.79. The van der Waals surface area contributed by atoms with Gasteiger partial charge >= 0.3 is 11.8 Å². The van der Waals surface area contributed by atoms with Crippen LogP contribution < -0.4 is 10.9 Å². The van der Waals surface area contributed by atoms with E-state index in [4.69, 9.17) is 4.42 Å². The van der Waals surface area contributed by atoms with Gasteiger partial charge in [-0.25, -0.2) is 9.78 Å². The van der Waals surface area contributed by atoms with Crippen LogP contribution in [0.1, 0.15) is 17.1 Å². The Morgan fingerprint density at radius 2 is 2.04 bits per heavy atom. The highest BCUT2D eigenvalue weighted by molar-refractivity contribution is 7.09. The van der Waals surface area contributed by atoms with Crippen LogP contribution in [0.4, 0.5) is 18.9 Å². The number of aliphatic hydroxyl groups is 1. The van der Waals surface area contributed by atoms with Crippen LogP contribution in [0, 0.1) is 6.92 Å². The predicted molar refractivity (Wildman–Crippen MR) is 92.5 cm³/mol. The van der Waals surface area contributed by atoms with E-state index in [-0.39, 0.29) is 11.3 Å². The maximum absolute atomic E-state index is 13.4. The van der Waals surface area contributed by atoms with E-state index in [1.807, 2.05) is 0 Å². The SMILES string of the molecule is Cc1csc([C@](O)(CC(=O)Nc2ccc3oc(=O)ccc3c2)C(F)(F)F)n1. The number of hydrogen-bond acceptors (Lipinski definition) is 6. The maximum atomic E-state index is 13.4. The molecular weight excluding hydrogens is 385 g/mol. The van der Waals surface area contributed by atoms with Gasteiger partial charge in [-0.3, -0.25) is 4.79 Å². The lowest BCUT2D eigenvalue weighted by Gasteiger charge is -2.27. The van der Waals surface area contributed by atoms with E-state index < -0.39 is 34.7 Å². The number of alkyl halides is 3. The molecule has 0 spiro atoms. The predicted octanol–water partition coefficient (Wildman–Crippen LogP) is 3.34. The van der Waals surface area contributed by atoms with Crippen molar-refractivity contribution in [2.45, 2.75) is 25.1 Å². The Morgan fingerprint density at radius 3 is 2.67 bits per heavy atom. The number of anilines is 1. The minimum atomic E-state index is -5.08. The first-order chi connectivity index (χ1) is 12.6. The monoisotopic (exact) mass is 398 g/mol. The van der Waals surface area contributed by atoms with Crippen LogP contribution in [-0.2, 0) is 10.4 Å². The number of carbonyl (C=O) groups is 1. The molecule has 3 rings (SSSR count). The Morgan fingerprint density at radius 1 is 1.30 bits per heavy atom. The van der Waals surface area contributed by atoms with Crippen LogP contribution in [0.2, 0.25) is 0 Å². The molecule has 2 heterocycles. The molecular formula is C17H13F3N2O4S. The zero-order chi connectivity index (χ0) is 19.8. The van der Waals surface area contributed by atoms with E-state index in [9.17, 15) is 27.9 Å². The number of hydrogen-bond donors (Lipinski definition) is 2. The summed E-state index contributed by atoms with van der Waals surface area (Å²) >= 11 is 0.632. The van der Waals surface area contributed by atoms with Crippen molar-refractivity contribution < 1.29 is 27.5 Å². The van der Waals surface area contributed by atoms with Crippen molar-refractivity contribution in [3.8, 4) is 0 Å². The molecule has 0 unspecified atom stereocenters. The molecule has 10 heteroatoms. The zero-order valence-electron chi connectivity index (χ0n) is 13.8. The first-order valence-corrected chi connectivity index (χ1v) is 8.52. The maximum Gasteiger partial charge on any atom is 0.424 e. The molecule has 2 aromatic heterocycles. The molecule has 0 aliphatic carbocycles. The number of amides is 1. The molecule has 6 nitrogen and oxygen atoms in total. The number of nitrogens with zero attached hydrogens (tertiary/aromatic N) is 1. The van der Waals surface area contributed by atoms with Gasteiger partial charge in [0, 0.05) is 28.2 Å². The fraction of sp³-hybridized carbons (Fsp3) is 0.235. The lowest BCUT2D eigenvalue weighted by Crippen LogP contribution is -2.45. The molecule has 1 aromatic carbocycles. The van der Waals surface area contributed by atoms with E-state index >= 15 is 0 Å². The number of benzene rings is 1. The highest BCUT2D eigenvalue weighted by Gasteiger charge is 2.58. The lowest BCUT2D eigenvalue weighted by molar-refractivity contribution is -0.266. The number of thiazole rings is 1. The van der Waals surface area contributed by atoms with Crippen molar-refractivity contribution in [3.05, 3.63) is 56.8 Å². The van der Waals surface area contributed by atoms with Crippen LogP contribution in [0.15, 0.2) is 44.9 Å². The molecule has 142 valence electrons. The van der Waals surface area contributed by atoms with Crippen LogP contribution in [-0.4, -0.2) is 22.2 Å². The normalized spacial score (nSPS) is 14.1. The largest absolute Gasteiger partial charge is 0.424 e. The number of rotatable bonds is 4. The smallest absolute Gasteiger partial charge is 0.423 e. The molecule has 0 saturated heterocycles. The molecule has 2 N–H and O–H groups in total. The Balaban J connectivity index is 1.84. The van der Waals surface area contributed by atoms with Crippen molar-refractivity contribution in [2.75, 3.05) is 5.32 Å². The van der Waals surface area contributed by atoms with Crippen LogP contribution in [0.5, 0.6) is 0 Å². The average molecular weight is 398 g/mol. The second kappa shape index (κ2) is 6.78. The standard InChI is InChI=1S/C17H13F3N2O4S/c1-9-8-27-15(21-9)16(25,17(18,19)20)7-13(23)22-11-3-4-12-10(6-11)2-5-14(24)26-12/h2-6,8,25H,7H2,1H3,(H,22,23)/t16-/m1/s1. The van der Waals surface area contributed by atoms with Crippen LogP contribution in [0.25, 0.3) is 11.0 Å². The Labute approximate surface area is 154 Å². The van der Waals surface area contributed by atoms with Crippen molar-refractivity contribution in [3.63, 3.8) is 0 Å². The van der Waals surface area contributed by atoms with Gasteiger partial charge in [-0.15, -0.1) is 11.3 Å². The summed E-state index contributed by atoms with van der Waals surface area (Å²) in [6.45, 7) is 1.49. The van der Waals surface area contributed by atoms with Gasteiger partial charge in [0.15, 0.2) is 0 Å². The van der Waals surface area contributed by atoms with Gasteiger partial charge in [-0.2, -0.15) is 13.2 Å². The van der Waals surface area contributed by atoms with Crippen molar-refractivity contribution in [2.24, 2.45) is 0 Å². The van der Waals surface area contributed by atoms with Crippen molar-refractivity contribution >= 4 is 33.9 Å².